The second kappa shape index (κ2) is 5.17. The van der Waals surface area contributed by atoms with Crippen molar-refractivity contribution in [3.05, 3.63) is 35.5 Å². The van der Waals surface area contributed by atoms with Gasteiger partial charge in [0, 0.05) is 17.1 Å². The molecule has 1 saturated heterocycles. The summed E-state index contributed by atoms with van der Waals surface area (Å²) in [6.07, 6.45) is 3.78. The van der Waals surface area contributed by atoms with Crippen LogP contribution in [-0.4, -0.2) is 18.6 Å². The van der Waals surface area contributed by atoms with Crippen LogP contribution in [0, 0.1) is 6.92 Å². The number of pyridine rings is 1. The van der Waals surface area contributed by atoms with E-state index >= 15 is 0 Å². The Morgan fingerprint density at radius 1 is 1.26 bits per heavy atom. The van der Waals surface area contributed by atoms with Crippen molar-refractivity contribution in [1.82, 2.24) is 10.3 Å². The Labute approximate surface area is 114 Å². The van der Waals surface area contributed by atoms with Crippen molar-refractivity contribution in [3.63, 3.8) is 0 Å². The van der Waals surface area contributed by atoms with Gasteiger partial charge in [0.2, 0.25) is 0 Å². The average Bonchev–Trinajstić information content (AvgIpc) is 2.47. The molecule has 1 aliphatic heterocycles. The van der Waals surface area contributed by atoms with Gasteiger partial charge in [-0.25, -0.2) is 0 Å². The highest BCUT2D eigenvalue weighted by Crippen LogP contribution is 2.31. The van der Waals surface area contributed by atoms with Crippen LogP contribution in [0.1, 0.15) is 36.6 Å². The van der Waals surface area contributed by atoms with Gasteiger partial charge in [0.25, 0.3) is 0 Å². The summed E-state index contributed by atoms with van der Waals surface area (Å²) in [5.41, 5.74) is 3.50. The molecule has 0 radical (unpaired) electrons. The van der Waals surface area contributed by atoms with Crippen molar-refractivity contribution in [2.45, 2.75) is 32.2 Å². The number of hydrogen-bond donors (Lipinski definition) is 1. The smallest absolute Gasteiger partial charge is 0.119 e. The van der Waals surface area contributed by atoms with Crippen LogP contribution in [0.3, 0.4) is 0 Å². The highest BCUT2D eigenvalue weighted by molar-refractivity contribution is 5.84. The molecule has 3 rings (SSSR count). The first-order chi connectivity index (χ1) is 9.28. The molecule has 3 heteroatoms. The van der Waals surface area contributed by atoms with Gasteiger partial charge in [0.15, 0.2) is 0 Å². The van der Waals surface area contributed by atoms with E-state index in [0.717, 1.165) is 23.5 Å². The predicted molar refractivity (Wildman–Crippen MR) is 77.6 cm³/mol. The Morgan fingerprint density at radius 3 is 2.89 bits per heavy atom. The molecule has 0 spiro atoms. The lowest BCUT2D eigenvalue weighted by atomic mass is 9.94. The number of fused-ring (bicyclic) bond motifs is 1. The summed E-state index contributed by atoms with van der Waals surface area (Å²) in [4.78, 5) is 4.62. The number of benzene rings is 1. The van der Waals surface area contributed by atoms with E-state index < -0.39 is 0 Å². The third kappa shape index (κ3) is 2.43. The summed E-state index contributed by atoms with van der Waals surface area (Å²) in [5, 5.41) is 4.84. The molecule has 1 aromatic carbocycles. The van der Waals surface area contributed by atoms with Crippen molar-refractivity contribution in [3.8, 4) is 5.75 Å². The minimum atomic E-state index is 0.449. The summed E-state index contributed by atoms with van der Waals surface area (Å²) in [7, 11) is 1.71. The molecule has 1 unspecified atom stereocenters. The number of nitrogens with one attached hydrogen (secondary N) is 1. The fourth-order valence-corrected chi connectivity index (χ4v) is 2.90. The van der Waals surface area contributed by atoms with Crippen LogP contribution in [0.5, 0.6) is 5.75 Å². The Kier molecular flexibility index (Phi) is 3.38. The number of piperidine rings is 1. The third-order valence-electron chi connectivity index (χ3n) is 3.86. The van der Waals surface area contributed by atoms with E-state index in [-0.39, 0.29) is 0 Å². The normalized spacial score (nSPS) is 19.6. The topological polar surface area (TPSA) is 34.1 Å². The molecule has 0 bridgehead atoms. The molecule has 1 aromatic heterocycles. The summed E-state index contributed by atoms with van der Waals surface area (Å²) in [6, 6.07) is 8.79. The average molecular weight is 256 g/mol. The highest BCUT2D eigenvalue weighted by atomic mass is 16.5. The van der Waals surface area contributed by atoms with Crippen molar-refractivity contribution in [2.75, 3.05) is 13.7 Å². The zero-order valence-electron chi connectivity index (χ0n) is 11.6. The number of aryl methyl sites for hydroxylation is 1. The second-order valence-corrected chi connectivity index (χ2v) is 5.24. The van der Waals surface area contributed by atoms with Crippen LogP contribution in [0.4, 0.5) is 0 Å². The van der Waals surface area contributed by atoms with Gasteiger partial charge in [0.05, 0.1) is 12.6 Å². The molecule has 3 nitrogen and oxygen atoms in total. The van der Waals surface area contributed by atoms with E-state index in [1.165, 1.54) is 30.2 Å². The largest absolute Gasteiger partial charge is 0.497 e. The molecule has 1 aliphatic rings. The Morgan fingerprint density at radius 2 is 2.16 bits per heavy atom. The molecule has 1 fully saturated rings. The Balaban J connectivity index is 2.14. The van der Waals surface area contributed by atoms with Crippen molar-refractivity contribution >= 4 is 10.9 Å². The molecular formula is C16H20N2O. The lowest BCUT2D eigenvalue weighted by Crippen LogP contribution is -2.27. The van der Waals surface area contributed by atoms with Gasteiger partial charge in [-0.15, -0.1) is 0 Å². The maximum absolute atomic E-state index is 5.35. The van der Waals surface area contributed by atoms with Gasteiger partial charge in [-0.3, -0.25) is 4.98 Å². The second-order valence-electron chi connectivity index (χ2n) is 5.24. The van der Waals surface area contributed by atoms with E-state index in [0.29, 0.717) is 6.04 Å². The molecule has 0 aliphatic carbocycles. The van der Waals surface area contributed by atoms with Gasteiger partial charge in [-0.1, -0.05) is 6.42 Å². The first kappa shape index (κ1) is 12.4. The minimum Gasteiger partial charge on any atom is -0.497 e. The van der Waals surface area contributed by atoms with Crippen LogP contribution in [0.15, 0.2) is 24.3 Å². The molecule has 100 valence electrons. The monoisotopic (exact) mass is 256 g/mol. The van der Waals surface area contributed by atoms with Crippen LogP contribution in [0.25, 0.3) is 10.9 Å². The Hall–Kier alpha value is -1.61. The zero-order valence-corrected chi connectivity index (χ0v) is 11.6. The highest BCUT2D eigenvalue weighted by Gasteiger charge is 2.18. The van der Waals surface area contributed by atoms with E-state index in [1.54, 1.807) is 7.11 Å². The van der Waals surface area contributed by atoms with Crippen LogP contribution in [-0.2, 0) is 0 Å². The van der Waals surface area contributed by atoms with E-state index in [2.05, 4.69) is 29.4 Å². The molecule has 0 saturated carbocycles. The van der Waals surface area contributed by atoms with Crippen LogP contribution in [0.2, 0.25) is 0 Å². The molecular weight excluding hydrogens is 236 g/mol. The fraction of sp³-hybridized carbons (Fsp3) is 0.438. The molecule has 1 N–H and O–H groups in total. The first-order valence-corrected chi connectivity index (χ1v) is 6.96. The lowest BCUT2D eigenvalue weighted by Gasteiger charge is -2.25. The van der Waals surface area contributed by atoms with Gasteiger partial charge < -0.3 is 10.1 Å². The number of ether oxygens (including phenoxy) is 1. The van der Waals surface area contributed by atoms with E-state index in [4.69, 9.17) is 4.74 Å². The Bertz CT molecular complexity index is 589. The van der Waals surface area contributed by atoms with Crippen molar-refractivity contribution in [2.24, 2.45) is 0 Å². The van der Waals surface area contributed by atoms with E-state index in [9.17, 15) is 0 Å². The fourth-order valence-electron chi connectivity index (χ4n) is 2.90. The summed E-state index contributed by atoms with van der Waals surface area (Å²) in [6.45, 7) is 3.17. The van der Waals surface area contributed by atoms with Crippen molar-refractivity contribution in [1.29, 1.82) is 0 Å². The molecule has 2 heterocycles. The van der Waals surface area contributed by atoms with Gasteiger partial charge in [0.1, 0.15) is 5.75 Å². The number of rotatable bonds is 2. The molecule has 1 atom stereocenters. The number of nitrogens with zero attached hydrogens (tertiary/aromatic N) is 1. The maximum atomic E-state index is 5.35. The SMILES string of the molecule is COc1ccc2nc(C)cc(C3CCCCN3)c2c1. The maximum Gasteiger partial charge on any atom is 0.119 e. The van der Waals surface area contributed by atoms with Crippen LogP contribution < -0.4 is 10.1 Å². The summed E-state index contributed by atoms with van der Waals surface area (Å²) in [5.74, 6) is 0.898. The van der Waals surface area contributed by atoms with Gasteiger partial charge in [-0.05, 0) is 56.1 Å². The summed E-state index contributed by atoms with van der Waals surface area (Å²) < 4.78 is 5.35. The number of methoxy groups -OCH3 is 1. The predicted octanol–water partition coefficient (Wildman–Crippen LogP) is 3.37. The van der Waals surface area contributed by atoms with Gasteiger partial charge in [-0.2, -0.15) is 0 Å². The first-order valence-electron chi connectivity index (χ1n) is 6.96. The standard InChI is InChI=1S/C16H20N2O/c1-11-9-13(15-5-3-4-8-17-15)14-10-12(19-2)6-7-16(14)18-11/h6-7,9-10,15,17H,3-5,8H2,1-2H3. The molecule has 0 amide bonds. The van der Waals surface area contributed by atoms with Crippen LogP contribution >= 0.6 is 0 Å². The molecule has 2 aromatic rings. The number of aromatic nitrogens is 1. The van der Waals surface area contributed by atoms with Gasteiger partial charge >= 0.3 is 0 Å². The molecule has 19 heavy (non-hydrogen) atoms. The zero-order chi connectivity index (χ0) is 13.2. The summed E-state index contributed by atoms with van der Waals surface area (Å²) >= 11 is 0. The number of hydrogen-bond acceptors (Lipinski definition) is 3. The van der Waals surface area contributed by atoms with E-state index in [1.807, 2.05) is 12.1 Å². The van der Waals surface area contributed by atoms with Crippen molar-refractivity contribution < 1.29 is 4.74 Å². The third-order valence-corrected chi connectivity index (χ3v) is 3.86. The lowest BCUT2D eigenvalue weighted by molar-refractivity contribution is 0.411. The minimum absolute atomic E-state index is 0.449. The quantitative estimate of drug-likeness (QED) is 0.894.